The largest absolute Gasteiger partial charge is 0.492 e. The second-order valence-electron chi connectivity index (χ2n) is 6.41. The van der Waals surface area contributed by atoms with Crippen LogP contribution in [0.3, 0.4) is 0 Å². The molecule has 2 aromatic carbocycles. The van der Waals surface area contributed by atoms with E-state index in [1.807, 2.05) is 6.07 Å². The molecule has 0 bridgehead atoms. The monoisotopic (exact) mass is 405 g/mol. The number of benzene rings is 2. The Hall–Kier alpha value is -2.67. The van der Waals surface area contributed by atoms with Crippen molar-refractivity contribution >= 4 is 17.0 Å². The topological polar surface area (TPSA) is 30.5 Å². The highest BCUT2D eigenvalue weighted by atomic mass is 32.1. The van der Waals surface area contributed by atoms with Gasteiger partial charge in [-0.1, -0.05) is 30.3 Å². The van der Waals surface area contributed by atoms with E-state index in [9.17, 15) is 13.2 Å². The molecule has 4 rings (SSSR count). The number of alkyl halides is 3. The molecule has 1 N–H and O–H groups in total. The maximum Gasteiger partial charge on any atom is 0.426 e. The van der Waals surface area contributed by atoms with Crippen molar-refractivity contribution in [1.29, 1.82) is 0 Å². The third kappa shape index (κ3) is 3.54. The lowest BCUT2D eigenvalue weighted by Crippen LogP contribution is -2.03. The van der Waals surface area contributed by atoms with Crippen LogP contribution in [0, 0.1) is 0 Å². The summed E-state index contributed by atoms with van der Waals surface area (Å²) in [6.07, 6.45) is -3.59. The zero-order valence-electron chi connectivity index (χ0n) is 15.1. The molecule has 0 amide bonds. The summed E-state index contributed by atoms with van der Waals surface area (Å²) >= 11 is 0.716. The molecule has 0 spiro atoms. The molecule has 7 heteroatoms. The van der Waals surface area contributed by atoms with E-state index in [0.717, 1.165) is 24.2 Å². The number of fused-ring (bicyclic) bond motifs is 1. The van der Waals surface area contributed by atoms with Crippen molar-refractivity contribution < 1.29 is 22.6 Å². The van der Waals surface area contributed by atoms with E-state index in [4.69, 9.17) is 9.47 Å². The minimum Gasteiger partial charge on any atom is -0.492 e. The first-order chi connectivity index (χ1) is 13.5. The Morgan fingerprint density at radius 2 is 1.89 bits per heavy atom. The van der Waals surface area contributed by atoms with E-state index in [2.05, 4.69) is 5.32 Å². The molecule has 1 aliphatic rings. The van der Waals surface area contributed by atoms with Gasteiger partial charge in [-0.15, -0.1) is 11.3 Å². The highest BCUT2D eigenvalue weighted by molar-refractivity contribution is 7.12. The summed E-state index contributed by atoms with van der Waals surface area (Å²) in [5.74, 6) is 1.17. The second-order valence-corrected chi connectivity index (χ2v) is 7.54. The summed E-state index contributed by atoms with van der Waals surface area (Å²) in [4.78, 5) is -0.103. The van der Waals surface area contributed by atoms with Crippen molar-refractivity contribution in [2.24, 2.45) is 0 Å². The lowest BCUT2D eigenvalue weighted by molar-refractivity contribution is -0.133. The Balaban J connectivity index is 1.62. The van der Waals surface area contributed by atoms with Gasteiger partial charge >= 0.3 is 6.18 Å². The van der Waals surface area contributed by atoms with E-state index < -0.39 is 11.1 Å². The number of hydrogen-bond acceptors (Lipinski definition) is 4. The molecule has 0 fully saturated rings. The van der Waals surface area contributed by atoms with Crippen LogP contribution in [0.1, 0.15) is 15.3 Å². The third-order valence-electron chi connectivity index (χ3n) is 4.61. The molecule has 0 atom stereocenters. The Labute approximate surface area is 164 Å². The summed E-state index contributed by atoms with van der Waals surface area (Å²) in [5, 5.41) is 3.26. The Bertz CT molecular complexity index is 983. The highest BCUT2D eigenvalue weighted by Gasteiger charge is 2.36. The number of thiophene rings is 1. The molecule has 28 heavy (non-hydrogen) atoms. The van der Waals surface area contributed by atoms with Crippen molar-refractivity contribution in [3.05, 3.63) is 63.8 Å². The van der Waals surface area contributed by atoms with Gasteiger partial charge < -0.3 is 14.8 Å². The van der Waals surface area contributed by atoms with Crippen molar-refractivity contribution in [3.63, 3.8) is 0 Å². The number of halogens is 3. The van der Waals surface area contributed by atoms with Gasteiger partial charge in [0.2, 0.25) is 0 Å². The highest BCUT2D eigenvalue weighted by Crippen LogP contribution is 2.44. The maximum atomic E-state index is 13.5. The predicted octanol–water partition coefficient (Wildman–Crippen LogP) is 5.99. The van der Waals surface area contributed by atoms with Crippen LogP contribution in [0.25, 0.3) is 11.1 Å². The van der Waals surface area contributed by atoms with Crippen molar-refractivity contribution in [1.82, 2.24) is 0 Å². The van der Waals surface area contributed by atoms with Gasteiger partial charge in [0.25, 0.3) is 0 Å². The molecule has 0 unspecified atom stereocenters. The molecule has 0 radical (unpaired) electrons. The minimum absolute atomic E-state index is 0.0448. The van der Waals surface area contributed by atoms with Crippen LogP contribution in [0.5, 0.6) is 11.5 Å². The molecule has 3 nitrogen and oxygen atoms in total. The first-order valence-corrected chi connectivity index (χ1v) is 9.61. The van der Waals surface area contributed by atoms with Crippen molar-refractivity contribution in [2.45, 2.75) is 19.2 Å². The molecular weight excluding hydrogens is 387 g/mol. The quantitative estimate of drug-likeness (QED) is 0.566. The predicted molar refractivity (Wildman–Crippen MR) is 104 cm³/mol. The average molecular weight is 405 g/mol. The molecule has 1 aromatic heterocycles. The van der Waals surface area contributed by atoms with Crippen molar-refractivity contribution in [3.8, 4) is 22.6 Å². The fraction of sp³-hybridized carbons (Fsp3) is 0.238. The number of nitrogens with one attached hydrogen (secondary N) is 1. The number of hydrogen-bond donors (Lipinski definition) is 1. The zero-order chi connectivity index (χ0) is 19.7. The maximum absolute atomic E-state index is 13.5. The molecular formula is C21H18F3NO2S. The van der Waals surface area contributed by atoms with Gasteiger partial charge in [-0.25, -0.2) is 0 Å². The van der Waals surface area contributed by atoms with Gasteiger partial charge in [0.15, 0.2) is 11.5 Å². The van der Waals surface area contributed by atoms with Gasteiger partial charge in [-0.05, 0) is 30.2 Å². The minimum atomic E-state index is -4.41. The van der Waals surface area contributed by atoms with E-state index in [1.165, 1.54) is 0 Å². The van der Waals surface area contributed by atoms with E-state index in [0.29, 0.717) is 33.3 Å². The van der Waals surface area contributed by atoms with E-state index in [-0.39, 0.29) is 12.2 Å². The molecule has 146 valence electrons. The fourth-order valence-electron chi connectivity index (χ4n) is 3.38. The van der Waals surface area contributed by atoms with Gasteiger partial charge in [0.1, 0.15) is 11.5 Å². The van der Waals surface area contributed by atoms with Gasteiger partial charge in [0, 0.05) is 28.2 Å². The Kier molecular flexibility index (Phi) is 4.93. The summed E-state index contributed by atoms with van der Waals surface area (Å²) in [6.45, 7) is 0.874. The second kappa shape index (κ2) is 7.39. The van der Waals surface area contributed by atoms with Gasteiger partial charge in [-0.3, -0.25) is 0 Å². The van der Waals surface area contributed by atoms with Crippen LogP contribution in [0.4, 0.5) is 18.9 Å². The summed E-state index contributed by atoms with van der Waals surface area (Å²) in [5.41, 5.74) is 2.76. The SMILES string of the molecule is COc1c(OCc2cc(-c3ccccc3)c(C(F)(F)F)s2)ccc2c1CCN2. The van der Waals surface area contributed by atoms with E-state index in [1.54, 1.807) is 49.6 Å². The summed E-state index contributed by atoms with van der Waals surface area (Å²) < 4.78 is 51.9. The first kappa shape index (κ1) is 18.7. The number of anilines is 1. The molecule has 0 saturated carbocycles. The van der Waals surface area contributed by atoms with Crippen LogP contribution >= 0.6 is 11.3 Å². The third-order valence-corrected chi connectivity index (χ3v) is 5.77. The molecule has 3 aromatic rings. The molecule has 1 aliphatic heterocycles. The molecule has 0 saturated heterocycles. The molecule has 2 heterocycles. The van der Waals surface area contributed by atoms with Crippen molar-refractivity contribution in [2.75, 3.05) is 19.0 Å². The lowest BCUT2D eigenvalue weighted by atomic mass is 10.1. The van der Waals surface area contributed by atoms with Gasteiger partial charge in [-0.2, -0.15) is 13.2 Å². The zero-order valence-corrected chi connectivity index (χ0v) is 15.9. The number of methoxy groups -OCH3 is 1. The normalized spacial score (nSPS) is 13.1. The fourth-order valence-corrected chi connectivity index (χ4v) is 4.34. The van der Waals surface area contributed by atoms with Gasteiger partial charge in [0.05, 0.1) is 7.11 Å². The molecule has 0 aliphatic carbocycles. The Morgan fingerprint density at radius 3 is 2.61 bits per heavy atom. The summed E-state index contributed by atoms with van der Waals surface area (Å²) in [6, 6.07) is 13.8. The smallest absolute Gasteiger partial charge is 0.426 e. The van der Waals surface area contributed by atoms with Crippen LogP contribution < -0.4 is 14.8 Å². The van der Waals surface area contributed by atoms with Crippen LogP contribution in [-0.4, -0.2) is 13.7 Å². The van der Waals surface area contributed by atoms with Crippen LogP contribution in [0.2, 0.25) is 0 Å². The average Bonchev–Trinajstić information content (AvgIpc) is 3.33. The van der Waals surface area contributed by atoms with Crippen LogP contribution in [0.15, 0.2) is 48.5 Å². The summed E-state index contributed by atoms with van der Waals surface area (Å²) in [7, 11) is 1.57. The van der Waals surface area contributed by atoms with Crippen LogP contribution in [-0.2, 0) is 19.2 Å². The Morgan fingerprint density at radius 1 is 1.11 bits per heavy atom. The number of rotatable bonds is 5. The standard InChI is InChI=1S/C21H18F3NO2S/c1-26-19-15-9-10-25-17(15)7-8-18(19)27-12-14-11-16(13-5-3-2-4-6-13)20(28-14)21(22,23)24/h2-8,11,25H,9-10,12H2,1H3. The number of ether oxygens (including phenoxy) is 2. The first-order valence-electron chi connectivity index (χ1n) is 8.79. The lowest BCUT2D eigenvalue weighted by Gasteiger charge is -2.13. The van der Waals surface area contributed by atoms with E-state index >= 15 is 0 Å².